The summed E-state index contributed by atoms with van der Waals surface area (Å²) in [4.78, 5) is 11.0. The molecule has 1 rings (SSSR count). The van der Waals surface area contributed by atoms with E-state index in [-0.39, 0.29) is 5.69 Å². The summed E-state index contributed by atoms with van der Waals surface area (Å²) in [5, 5.41) is 11.8. The Bertz CT molecular complexity index is 487. The Balaban J connectivity index is 2.72. The largest absolute Gasteiger partial charge is 0.478 e. The molecular formula is C14H18F3NO3. The molecule has 0 fully saturated rings. The minimum absolute atomic E-state index is 0.142. The van der Waals surface area contributed by atoms with Gasteiger partial charge in [-0.15, -0.1) is 0 Å². The predicted molar refractivity (Wildman–Crippen MR) is 72.6 cm³/mol. The van der Waals surface area contributed by atoms with Crippen molar-refractivity contribution in [3.8, 4) is 0 Å². The van der Waals surface area contributed by atoms with Crippen molar-refractivity contribution >= 4 is 11.7 Å². The second-order valence-electron chi connectivity index (χ2n) is 4.96. The molecule has 0 heterocycles. The van der Waals surface area contributed by atoms with Crippen molar-refractivity contribution in [2.24, 2.45) is 5.92 Å². The molecule has 21 heavy (non-hydrogen) atoms. The van der Waals surface area contributed by atoms with Crippen molar-refractivity contribution < 1.29 is 27.8 Å². The fourth-order valence-corrected chi connectivity index (χ4v) is 1.63. The first-order valence-electron chi connectivity index (χ1n) is 6.48. The van der Waals surface area contributed by atoms with Gasteiger partial charge in [0.15, 0.2) is 0 Å². The van der Waals surface area contributed by atoms with Crippen molar-refractivity contribution in [1.29, 1.82) is 0 Å². The molecule has 7 heteroatoms. The smallest absolute Gasteiger partial charge is 0.416 e. The van der Waals surface area contributed by atoms with E-state index in [1.807, 2.05) is 13.8 Å². The third-order valence-electron chi connectivity index (χ3n) is 2.59. The molecule has 0 aliphatic rings. The molecule has 0 saturated heterocycles. The molecule has 2 N–H and O–H groups in total. The number of halogens is 3. The van der Waals surface area contributed by atoms with Gasteiger partial charge in [-0.25, -0.2) is 4.79 Å². The summed E-state index contributed by atoms with van der Waals surface area (Å²) in [6, 6.07) is 2.60. The summed E-state index contributed by atoms with van der Waals surface area (Å²) in [7, 11) is 0. The Morgan fingerprint density at radius 1 is 1.38 bits per heavy atom. The Morgan fingerprint density at radius 3 is 2.57 bits per heavy atom. The van der Waals surface area contributed by atoms with Crippen molar-refractivity contribution in [2.45, 2.75) is 20.0 Å². The number of ether oxygens (including phenoxy) is 1. The minimum atomic E-state index is -4.57. The number of carbonyl (C=O) groups is 1. The third-order valence-corrected chi connectivity index (χ3v) is 2.59. The minimum Gasteiger partial charge on any atom is -0.478 e. The van der Waals surface area contributed by atoms with E-state index >= 15 is 0 Å². The zero-order valence-corrected chi connectivity index (χ0v) is 11.8. The quantitative estimate of drug-likeness (QED) is 0.757. The number of aromatic carboxylic acids is 1. The molecule has 4 nitrogen and oxygen atoms in total. The summed E-state index contributed by atoms with van der Waals surface area (Å²) in [6.07, 6.45) is -4.57. The van der Waals surface area contributed by atoms with E-state index < -0.39 is 23.3 Å². The summed E-state index contributed by atoms with van der Waals surface area (Å²) >= 11 is 0. The summed E-state index contributed by atoms with van der Waals surface area (Å²) < 4.78 is 43.0. The highest BCUT2D eigenvalue weighted by Crippen LogP contribution is 2.31. The van der Waals surface area contributed by atoms with Crippen LogP contribution in [0.1, 0.15) is 29.8 Å². The van der Waals surface area contributed by atoms with Crippen molar-refractivity contribution in [1.82, 2.24) is 0 Å². The Hall–Kier alpha value is -1.76. The molecular weight excluding hydrogens is 287 g/mol. The predicted octanol–water partition coefficient (Wildman–Crippen LogP) is 3.49. The summed E-state index contributed by atoms with van der Waals surface area (Å²) in [5.74, 6) is -1.03. The van der Waals surface area contributed by atoms with Gasteiger partial charge < -0.3 is 15.2 Å². The standard InChI is InChI=1S/C14H18F3NO3/c1-9(2)8-21-6-5-18-12-4-3-10(14(15,16)17)7-11(12)13(19)20/h3-4,7,9,18H,5-6,8H2,1-2H3,(H,19,20). The summed E-state index contributed by atoms with van der Waals surface area (Å²) in [6.45, 7) is 5.22. The van der Waals surface area contributed by atoms with Crippen LogP contribution in [-0.4, -0.2) is 30.8 Å². The van der Waals surface area contributed by atoms with Gasteiger partial charge in [-0.1, -0.05) is 13.8 Å². The zero-order valence-electron chi connectivity index (χ0n) is 11.8. The Kier molecular flexibility index (Phi) is 6.02. The van der Waals surface area contributed by atoms with Gasteiger partial charge in [0, 0.05) is 18.8 Å². The van der Waals surface area contributed by atoms with E-state index in [0.717, 1.165) is 12.1 Å². The molecule has 0 atom stereocenters. The van der Waals surface area contributed by atoms with Gasteiger partial charge >= 0.3 is 12.1 Å². The zero-order chi connectivity index (χ0) is 16.0. The topological polar surface area (TPSA) is 58.6 Å². The number of hydrogen-bond donors (Lipinski definition) is 2. The average Bonchev–Trinajstić information content (AvgIpc) is 2.36. The highest BCUT2D eigenvalue weighted by atomic mass is 19.4. The van der Waals surface area contributed by atoms with Gasteiger partial charge in [0.1, 0.15) is 0 Å². The molecule has 0 bridgehead atoms. The van der Waals surface area contributed by atoms with Gasteiger partial charge in [0.25, 0.3) is 0 Å². The van der Waals surface area contributed by atoms with Crippen LogP contribution >= 0.6 is 0 Å². The highest BCUT2D eigenvalue weighted by molar-refractivity contribution is 5.94. The summed E-state index contributed by atoms with van der Waals surface area (Å²) in [5.41, 5.74) is -1.25. The molecule has 0 saturated carbocycles. The van der Waals surface area contributed by atoms with E-state index in [1.165, 1.54) is 0 Å². The van der Waals surface area contributed by atoms with Gasteiger partial charge in [0.2, 0.25) is 0 Å². The normalized spacial score (nSPS) is 11.7. The average molecular weight is 305 g/mol. The van der Waals surface area contributed by atoms with E-state index in [0.29, 0.717) is 31.7 Å². The lowest BCUT2D eigenvalue weighted by molar-refractivity contribution is -0.137. The van der Waals surface area contributed by atoms with Crippen molar-refractivity contribution in [3.63, 3.8) is 0 Å². The number of carboxylic acids is 1. The maximum atomic E-state index is 12.6. The van der Waals surface area contributed by atoms with Crippen LogP contribution in [0.2, 0.25) is 0 Å². The molecule has 0 spiro atoms. The molecule has 0 unspecified atom stereocenters. The van der Waals surface area contributed by atoms with Gasteiger partial charge in [-0.2, -0.15) is 13.2 Å². The van der Waals surface area contributed by atoms with Crippen LogP contribution in [0.4, 0.5) is 18.9 Å². The van der Waals surface area contributed by atoms with Crippen molar-refractivity contribution in [2.75, 3.05) is 25.1 Å². The number of nitrogens with one attached hydrogen (secondary N) is 1. The lowest BCUT2D eigenvalue weighted by atomic mass is 10.1. The van der Waals surface area contributed by atoms with Crippen LogP contribution in [0, 0.1) is 5.92 Å². The van der Waals surface area contributed by atoms with Crippen LogP contribution in [0.5, 0.6) is 0 Å². The third kappa shape index (κ3) is 5.63. The first-order valence-corrected chi connectivity index (χ1v) is 6.48. The monoisotopic (exact) mass is 305 g/mol. The molecule has 0 radical (unpaired) electrons. The number of carboxylic acid groups (broad SMARTS) is 1. The number of hydrogen-bond acceptors (Lipinski definition) is 3. The molecule has 0 aliphatic carbocycles. The molecule has 1 aromatic carbocycles. The molecule has 0 aliphatic heterocycles. The number of benzene rings is 1. The van der Waals surface area contributed by atoms with Crippen LogP contribution < -0.4 is 5.32 Å². The Labute approximate surface area is 120 Å². The van der Waals surface area contributed by atoms with E-state index in [2.05, 4.69) is 5.32 Å². The molecule has 1 aromatic rings. The lowest BCUT2D eigenvalue weighted by Crippen LogP contribution is -2.15. The van der Waals surface area contributed by atoms with E-state index in [4.69, 9.17) is 9.84 Å². The Morgan fingerprint density at radius 2 is 2.05 bits per heavy atom. The number of anilines is 1. The number of alkyl halides is 3. The SMILES string of the molecule is CC(C)COCCNc1ccc(C(F)(F)F)cc1C(=O)O. The first kappa shape index (κ1) is 17.3. The fraction of sp³-hybridized carbons (Fsp3) is 0.500. The van der Waals surface area contributed by atoms with Gasteiger partial charge in [-0.05, 0) is 24.1 Å². The van der Waals surface area contributed by atoms with Gasteiger partial charge in [-0.3, -0.25) is 0 Å². The molecule has 118 valence electrons. The maximum absolute atomic E-state index is 12.6. The lowest BCUT2D eigenvalue weighted by Gasteiger charge is -2.13. The molecule has 0 amide bonds. The van der Waals surface area contributed by atoms with Crippen LogP contribution in [0.25, 0.3) is 0 Å². The van der Waals surface area contributed by atoms with Crippen LogP contribution in [0.3, 0.4) is 0 Å². The van der Waals surface area contributed by atoms with E-state index in [1.54, 1.807) is 0 Å². The second-order valence-corrected chi connectivity index (χ2v) is 4.96. The fourth-order valence-electron chi connectivity index (χ4n) is 1.63. The van der Waals surface area contributed by atoms with Crippen LogP contribution in [0.15, 0.2) is 18.2 Å². The van der Waals surface area contributed by atoms with Crippen LogP contribution in [-0.2, 0) is 10.9 Å². The maximum Gasteiger partial charge on any atom is 0.416 e. The van der Waals surface area contributed by atoms with Crippen molar-refractivity contribution in [3.05, 3.63) is 29.3 Å². The molecule has 0 aromatic heterocycles. The first-order chi connectivity index (χ1) is 9.71. The second kappa shape index (κ2) is 7.31. The van der Waals surface area contributed by atoms with E-state index in [9.17, 15) is 18.0 Å². The number of rotatable bonds is 7. The highest BCUT2D eigenvalue weighted by Gasteiger charge is 2.31. The van der Waals surface area contributed by atoms with Gasteiger partial charge in [0.05, 0.1) is 17.7 Å².